The van der Waals surface area contributed by atoms with E-state index in [1.54, 1.807) is 11.8 Å². The number of methoxy groups -OCH3 is 1. The van der Waals surface area contributed by atoms with E-state index >= 15 is 0 Å². The fourth-order valence-electron chi connectivity index (χ4n) is 1.93. The van der Waals surface area contributed by atoms with Crippen LogP contribution < -0.4 is 10.5 Å². The standard InChI is InChI=1S/C13H16BrNO3S/c1-17-13(16)11(15)7-19-6-10-5-8-4-9(14)2-3-12(8)18-10/h2-4,10-11H,5-7,15H2,1H3. The largest absolute Gasteiger partial charge is 0.489 e. The average Bonchev–Trinajstić information content (AvgIpc) is 2.79. The highest BCUT2D eigenvalue weighted by Gasteiger charge is 2.23. The van der Waals surface area contributed by atoms with Crippen LogP contribution in [0.15, 0.2) is 22.7 Å². The molecule has 0 aromatic heterocycles. The maximum absolute atomic E-state index is 11.2. The minimum absolute atomic E-state index is 0.152. The lowest BCUT2D eigenvalue weighted by Crippen LogP contribution is -2.34. The number of benzene rings is 1. The van der Waals surface area contributed by atoms with Gasteiger partial charge in [0.05, 0.1) is 7.11 Å². The third-order valence-electron chi connectivity index (χ3n) is 2.87. The SMILES string of the molecule is COC(=O)C(N)CSCC1Cc2cc(Br)ccc2O1. The van der Waals surface area contributed by atoms with E-state index < -0.39 is 6.04 Å². The van der Waals surface area contributed by atoms with Crippen molar-refractivity contribution >= 4 is 33.7 Å². The van der Waals surface area contributed by atoms with Gasteiger partial charge in [0.1, 0.15) is 17.9 Å². The Bertz CT molecular complexity index is 469. The molecule has 6 heteroatoms. The molecule has 1 aliphatic heterocycles. The minimum Gasteiger partial charge on any atom is -0.489 e. The van der Waals surface area contributed by atoms with E-state index in [4.69, 9.17) is 10.5 Å². The summed E-state index contributed by atoms with van der Waals surface area (Å²) >= 11 is 5.07. The zero-order valence-corrected chi connectivity index (χ0v) is 13.0. The van der Waals surface area contributed by atoms with Crippen molar-refractivity contribution in [2.24, 2.45) is 5.73 Å². The van der Waals surface area contributed by atoms with Crippen molar-refractivity contribution in [2.75, 3.05) is 18.6 Å². The minimum atomic E-state index is -0.562. The molecule has 1 aliphatic rings. The molecular formula is C13H16BrNO3S. The van der Waals surface area contributed by atoms with Gasteiger partial charge >= 0.3 is 5.97 Å². The van der Waals surface area contributed by atoms with Crippen molar-refractivity contribution in [1.82, 2.24) is 0 Å². The quantitative estimate of drug-likeness (QED) is 0.827. The maximum atomic E-state index is 11.2. The molecular weight excluding hydrogens is 330 g/mol. The number of esters is 1. The summed E-state index contributed by atoms with van der Waals surface area (Å²) < 4.78 is 11.5. The first-order valence-electron chi connectivity index (χ1n) is 5.96. The van der Waals surface area contributed by atoms with Gasteiger partial charge < -0.3 is 15.2 Å². The Labute approximate surface area is 125 Å². The number of halogens is 1. The first kappa shape index (κ1) is 14.7. The second-order valence-corrected chi connectivity index (χ2v) is 6.35. The van der Waals surface area contributed by atoms with Crippen LogP contribution in [0.4, 0.5) is 0 Å². The summed E-state index contributed by atoms with van der Waals surface area (Å²) in [5.74, 6) is 1.95. The number of hydrogen-bond donors (Lipinski definition) is 1. The molecule has 2 rings (SSSR count). The first-order chi connectivity index (χ1) is 9.10. The number of rotatable bonds is 5. The van der Waals surface area contributed by atoms with Crippen LogP contribution in [0.25, 0.3) is 0 Å². The lowest BCUT2D eigenvalue weighted by atomic mass is 10.1. The molecule has 0 fully saturated rings. The Balaban J connectivity index is 1.77. The second-order valence-electron chi connectivity index (χ2n) is 4.36. The highest BCUT2D eigenvalue weighted by Crippen LogP contribution is 2.32. The van der Waals surface area contributed by atoms with Crippen LogP contribution in [0.1, 0.15) is 5.56 Å². The lowest BCUT2D eigenvalue weighted by Gasteiger charge is -2.12. The van der Waals surface area contributed by atoms with Gasteiger partial charge in [-0.25, -0.2) is 0 Å². The second kappa shape index (κ2) is 6.63. The molecule has 19 heavy (non-hydrogen) atoms. The molecule has 1 aromatic rings. The third kappa shape index (κ3) is 3.87. The molecule has 2 atom stereocenters. The summed E-state index contributed by atoms with van der Waals surface area (Å²) in [6.45, 7) is 0. The Kier molecular flexibility index (Phi) is 5.13. The van der Waals surface area contributed by atoms with Crippen LogP contribution >= 0.6 is 27.7 Å². The third-order valence-corrected chi connectivity index (χ3v) is 4.56. The van der Waals surface area contributed by atoms with Crippen LogP contribution in [0.5, 0.6) is 5.75 Å². The van der Waals surface area contributed by atoms with E-state index in [2.05, 4.69) is 26.7 Å². The van der Waals surface area contributed by atoms with Gasteiger partial charge in [0, 0.05) is 22.4 Å². The normalized spacial score (nSPS) is 18.6. The zero-order valence-electron chi connectivity index (χ0n) is 10.6. The molecule has 2 N–H and O–H groups in total. The van der Waals surface area contributed by atoms with E-state index in [0.717, 1.165) is 22.4 Å². The number of nitrogens with two attached hydrogens (primary N) is 1. The summed E-state index contributed by atoms with van der Waals surface area (Å²) in [7, 11) is 1.35. The van der Waals surface area contributed by atoms with Gasteiger partial charge in [-0.1, -0.05) is 15.9 Å². The number of carbonyl (C=O) groups excluding carboxylic acids is 1. The van der Waals surface area contributed by atoms with Gasteiger partial charge in [-0.05, 0) is 23.8 Å². The van der Waals surface area contributed by atoms with Gasteiger partial charge in [-0.3, -0.25) is 4.79 Å². The summed E-state index contributed by atoms with van der Waals surface area (Å²) in [6.07, 6.45) is 1.05. The highest BCUT2D eigenvalue weighted by molar-refractivity contribution is 9.10. The van der Waals surface area contributed by atoms with Crippen LogP contribution in [-0.2, 0) is 16.0 Å². The van der Waals surface area contributed by atoms with Gasteiger partial charge in [-0.2, -0.15) is 11.8 Å². The van der Waals surface area contributed by atoms with Crippen LogP contribution in [-0.4, -0.2) is 36.7 Å². The van der Waals surface area contributed by atoms with Gasteiger partial charge in [0.25, 0.3) is 0 Å². The molecule has 0 saturated heterocycles. The molecule has 0 radical (unpaired) electrons. The van der Waals surface area contributed by atoms with Crippen molar-refractivity contribution in [3.8, 4) is 5.75 Å². The highest BCUT2D eigenvalue weighted by atomic mass is 79.9. The monoisotopic (exact) mass is 345 g/mol. The predicted molar refractivity (Wildman–Crippen MR) is 79.6 cm³/mol. The topological polar surface area (TPSA) is 61.5 Å². The van der Waals surface area contributed by atoms with E-state index in [-0.39, 0.29) is 12.1 Å². The number of ether oxygens (including phenoxy) is 2. The van der Waals surface area contributed by atoms with Crippen molar-refractivity contribution in [3.05, 3.63) is 28.2 Å². The number of carbonyl (C=O) groups is 1. The molecule has 2 unspecified atom stereocenters. The van der Waals surface area contributed by atoms with Crippen molar-refractivity contribution in [2.45, 2.75) is 18.6 Å². The van der Waals surface area contributed by atoms with E-state index in [1.807, 2.05) is 12.1 Å². The Morgan fingerprint density at radius 3 is 3.21 bits per heavy atom. The lowest BCUT2D eigenvalue weighted by molar-refractivity contribution is -0.141. The number of hydrogen-bond acceptors (Lipinski definition) is 5. The Morgan fingerprint density at radius 1 is 1.68 bits per heavy atom. The maximum Gasteiger partial charge on any atom is 0.323 e. The Hall–Kier alpha value is -0.720. The molecule has 104 valence electrons. The molecule has 0 amide bonds. The summed E-state index contributed by atoms with van der Waals surface area (Å²) in [5.41, 5.74) is 6.89. The molecule has 0 bridgehead atoms. The average molecular weight is 346 g/mol. The molecule has 0 saturated carbocycles. The summed E-state index contributed by atoms with van der Waals surface area (Å²) in [4.78, 5) is 11.2. The molecule has 0 spiro atoms. The van der Waals surface area contributed by atoms with Crippen molar-refractivity contribution in [1.29, 1.82) is 0 Å². The fourth-order valence-corrected chi connectivity index (χ4v) is 3.31. The van der Waals surface area contributed by atoms with Crippen LogP contribution in [0, 0.1) is 0 Å². The molecule has 0 aliphatic carbocycles. The van der Waals surface area contributed by atoms with Gasteiger partial charge in [-0.15, -0.1) is 0 Å². The van der Waals surface area contributed by atoms with E-state index in [1.165, 1.54) is 12.7 Å². The molecule has 1 aromatic carbocycles. The first-order valence-corrected chi connectivity index (χ1v) is 7.91. The van der Waals surface area contributed by atoms with E-state index in [9.17, 15) is 4.79 Å². The molecule has 4 nitrogen and oxygen atoms in total. The predicted octanol–water partition coefficient (Wildman–Crippen LogP) is 1.99. The van der Waals surface area contributed by atoms with Gasteiger partial charge in [0.2, 0.25) is 0 Å². The fraction of sp³-hybridized carbons (Fsp3) is 0.462. The summed E-state index contributed by atoms with van der Waals surface area (Å²) in [6, 6.07) is 5.47. The smallest absolute Gasteiger partial charge is 0.323 e. The number of fused-ring (bicyclic) bond motifs is 1. The van der Waals surface area contributed by atoms with Gasteiger partial charge in [0.15, 0.2) is 0 Å². The van der Waals surface area contributed by atoms with Crippen molar-refractivity contribution in [3.63, 3.8) is 0 Å². The Morgan fingerprint density at radius 2 is 2.47 bits per heavy atom. The summed E-state index contributed by atoms with van der Waals surface area (Å²) in [5, 5.41) is 0. The van der Waals surface area contributed by atoms with Crippen LogP contribution in [0.3, 0.4) is 0 Å². The van der Waals surface area contributed by atoms with Crippen LogP contribution in [0.2, 0.25) is 0 Å². The molecule has 1 heterocycles. The van der Waals surface area contributed by atoms with E-state index in [0.29, 0.717) is 5.75 Å². The van der Waals surface area contributed by atoms with Crippen molar-refractivity contribution < 1.29 is 14.3 Å². The zero-order chi connectivity index (χ0) is 13.8. The number of thioether (sulfide) groups is 1.